The summed E-state index contributed by atoms with van der Waals surface area (Å²) in [5.41, 5.74) is 1.34. The van der Waals surface area contributed by atoms with Gasteiger partial charge in [-0.2, -0.15) is 0 Å². The van der Waals surface area contributed by atoms with Crippen molar-refractivity contribution >= 4 is 11.8 Å². The van der Waals surface area contributed by atoms with Gasteiger partial charge in [-0.05, 0) is 36.9 Å². The Balaban J connectivity index is 2.20. The highest BCUT2D eigenvalue weighted by Gasteiger charge is 1.93. The summed E-state index contributed by atoms with van der Waals surface area (Å²) in [6.07, 6.45) is 3.16. The molecular weight excluding hydrogens is 206 g/mol. The van der Waals surface area contributed by atoms with Crippen LogP contribution >= 0.6 is 11.8 Å². The Morgan fingerprint density at radius 1 is 1.27 bits per heavy atom. The summed E-state index contributed by atoms with van der Waals surface area (Å²) in [5.74, 6) is 0. The molecule has 0 saturated heterocycles. The molecule has 0 aliphatic rings. The van der Waals surface area contributed by atoms with Crippen molar-refractivity contribution in [2.75, 3.05) is 26.5 Å². The van der Waals surface area contributed by atoms with Gasteiger partial charge in [0, 0.05) is 25.2 Å². The molecule has 1 aromatic rings. The van der Waals surface area contributed by atoms with Gasteiger partial charge in [0.2, 0.25) is 0 Å². The molecule has 2 nitrogen and oxygen atoms in total. The molecule has 1 rings (SSSR count). The third-order valence-corrected chi connectivity index (χ3v) is 2.93. The summed E-state index contributed by atoms with van der Waals surface area (Å²) in [7, 11) is 1.74. The molecule has 3 heteroatoms. The van der Waals surface area contributed by atoms with Gasteiger partial charge in [-0.1, -0.05) is 12.1 Å². The zero-order valence-electron chi connectivity index (χ0n) is 9.45. The minimum Gasteiger partial charge on any atom is -0.385 e. The second kappa shape index (κ2) is 7.74. The summed E-state index contributed by atoms with van der Waals surface area (Å²) in [5, 5.41) is 3.39. The fourth-order valence-electron chi connectivity index (χ4n) is 1.32. The van der Waals surface area contributed by atoms with Gasteiger partial charge in [0.05, 0.1) is 0 Å². The van der Waals surface area contributed by atoms with Crippen molar-refractivity contribution in [1.29, 1.82) is 0 Å². The average Bonchev–Trinajstić information content (AvgIpc) is 2.30. The molecule has 0 fully saturated rings. The minimum atomic E-state index is 0.832. The molecule has 0 heterocycles. The molecule has 0 spiro atoms. The molecule has 0 aliphatic carbocycles. The Morgan fingerprint density at radius 3 is 2.60 bits per heavy atom. The summed E-state index contributed by atoms with van der Waals surface area (Å²) >= 11 is 1.78. The van der Waals surface area contributed by atoms with Gasteiger partial charge in [0.1, 0.15) is 0 Å². The molecule has 1 N–H and O–H groups in total. The number of benzene rings is 1. The number of nitrogens with one attached hydrogen (secondary N) is 1. The maximum atomic E-state index is 4.98. The second-order valence-electron chi connectivity index (χ2n) is 3.37. The number of methoxy groups -OCH3 is 1. The summed E-state index contributed by atoms with van der Waals surface area (Å²) in [6, 6.07) is 8.68. The standard InChI is InChI=1S/C12H19NOS/c1-14-9-3-8-13-10-11-4-6-12(15-2)7-5-11/h4-7,13H,3,8-10H2,1-2H3. The Morgan fingerprint density at radius 2 is 2.00 bits per heavy atom. The number of thioether (sulfide) groups is 1. The zero-order chi connectivity index (χ0) is 10.9. The van der Waals surface area contributed by atoms with Crippen LogP contribution in [0.4, 0.5) is 0 Å². The summed E-state index contributed by atoms with van der Waals surface area (Å²) in [4.78, 5) is 1.32. The van der Waals surface area contributed by atoms with Crippen LogP contribution in [-0.2, 0) is 11.3 Å². The number of rotatable bonds is 7. The third kappa shape index (κ3) is 5.21. The lowest BCUT2D eigenvalue weighted by molar-refractivity contribution is 0.194. The van der Waals surface area contributed by atoms with E-state index in [4.69, 9.17) is 4.74 Å². The molecule has 84 valence electrons. The van der Waals surface area contributed by atoms with E-state index in [1.54, 1.807) is 18.9 Å². The fraction of sp³-hybridized carbons (Fsp3) is 0.500. The first-order valence-electron chi connectivity index (χ1n) is 5.19. The van der Waals surface area contributed by atoms with E-state index >= 15 is 0 Å². The molecule has 0 saturated carbocycles. The third-order valence-electron chi connectivity index (χ3n) is 2.19. The molecular formula is C12H19NOS. The molecule has 0 unspecified atom stereocenters. The van der Waals surface area contributed by atoms with Crippen LogP contribution in [-0.4, -0.2) is 26.5 Å². The Kier molecular flexibility index (Phi) is 6.48. The van der Waals surface area contributed by atoms with E-state index in [0.717, 1.165) is 26.1 Å². The second-order valence-corrected chi connectivity index (χ2v) is 4.25. The monoisotopic (exact) mass is 225 g/mol. The van der Waals surface area contributed by atoms with E-state index in [0.29, 0.717) is 0 Å². The first-order valence-corrected chi connectivity index (χ1v) is 6.42. The zero-order valence-corrected chi connectivity index (χ0v) is 10.3. The Bertz CT molecular complexity index is 261. The largest absolute Gasteiger partial charge is 0.385 e. The highest BCUT2D eigenvalue weighted by atomic mass is 32.2. The van der Waals surface area contributed by atoms with E-state index < -0.39 is 0 Å². The van der Waals surface area contributed by atoms with E-state index in [1.807, 2.05) is 0 Å². The van der Waals surface area contributed by atoms with Crippen molar-refractivity contribution in [3.63, 3.8) is 0 Å². The van der Waals surface area contributed by atoms with Crippen molar-refractivity contribution < 1.29 is 4.74 Å². The van der Waals surface area contributed by atoms with E-state index in [1.165, 1.54) is 10.5 Å². The normalized spacial score (nSPS) is 10.5. The van der Waals surface area contributed by atoms with Crippen molar-refractivity contribution in [1.82, 2.24) is 5.32 Å². The molecule has 0 radical (unpaired) electrons. The van der Waals surface area contributed by atoms with Crippen LogP contribution in [0, 0.1) is 0 Å². The van der Waals surface area contributed by atoms with Gasteiger partial charge in [0.15, 0.2) is 0 Å². The fourth-order valence-corrected chi connectivity index (χ4v) is 1.73. The lowest BCUT2D eigenvalue weighted by Gasteiger charge is -2.05. The van der Waals surface area contributed by atoms with Gasteiger partial charge in [0.25, 0.3) is 0 Å². The van der Waals surface area contributed by atoms with Crippen LogP contribution in [0.5, 0.6) is 0 Å². The number of hydrogen-bond acceptors (Lipinski definition) is 3. The predicted octanol–water partition coefficient (Wildman–Crippen LogP) is 2.53. The topological polar surface area (TPSA) is 21.3 Å². The van der Waals surface area contributed by atoms with Gasteiger partial charge < -0.3 is 10.1 Å². The minimum absolute atomic E-state index is 0.832. The first-order chi connectivity index (χ1) is 7.36. The Hall–Kier alpha value is -0.510. The van der Waals surface area contributed by atoms with Crippen LogP contribution in [0.25, 0.3) is 0 Å². The van der Waals surface area contributed by atoms with E-state index in [9.17, 15) is 0 Å². The molecule has 0 aliphatic heterocycles. The SMILES string of the molecule is COCCCNCc1ccc(SC)cc1. The van der Waals surface area contributed by atoms with Crippen molar-refractivity contribution in [2.24, 2.45) is 0 Å². The number of hydrogen-bond donors (Lipinski definition) is 1. The van der Waals surface area contributed by atoms with Crippen LogP contribution in [0.2, 0.25) is 0 Å². The van der Waals surface area contributed by atoms with Crippen LogP contribution in [0.1, 0.15) is 12.0 Å². The van der Waals surface area contributed by atoms with E-state index in [2.05, 4.69) is 35.8 Å². The highest BCUT2D eigenvalue weighted by molar-refractivity contribution is 7.98. The smallest absolute Gasteiger partial charge is 0.0474 e. The van der Waals surface area contributed by atoms with Crippen molar-refractivity contribution in [2.45, 2.75) is 17.9 Å². The van der Waals surface area contributed by atoms with Crippen LogP contribution < -0.4 is 5.32 Å². The molecule has 0 aromatic heterocycles. The quantitative estimate of drug-likeness (QED) is 0.569. The lowest BCUT2D eigenvalue weighted by Crippen LogP contribution is -2.15. The molecule has 1 aromatic carbocycles. The van der Waals surface area contributed by atoms with Gasteiger partial charge >= 0.3 is 0 Å². The molecule has 15 heavy (non-hydrogen) atoms. The van der Waals surface area contributed by atoms with Gasteiger partial charge in [-0.3, -0.25) is 0 Å². The Labute approximate surface area is 96.4 Å². The average molecular weight is 225 g/mol. The summed E-state index contributed by atoms with van der Waals surface area (Å²) < 4.78 is 4.98. The summed E-state index contributed by atoms with van der Waals surface area (Å²) in [6.45, 7) is 2.79. The molecule has 0 amide bonds. The predicted molar refractivity (Wildman–Crippen MR) is 66.4 cm³/mol. The molecule has 0 bridgehead atoms. The van der Waals surface area contributed by atoms with Crippen LogP contribution in [0.3, 0.4) is 0 Å². The van der Waals surface area contributed by atoms with Gasteiger partial charge in [-0.15, -0.1) is 11.8 Å². The van der Waals surface area contributed by atoms with Crippen LogP contribution in [0.15, 0.2) is 29.2 Å². The van der Waals surface area contributed by atoms with E-state index in [-0.39, 0.29) is 0 Å². The maximum Gasteiger partial charge on any atom is 0.0474 e. The maximum absolute atomic E-state index is 4.98. The number of ether oxygens (including phenoxy) is 1. The molecule has 0 atom stereocenters. The lowest BCUT2D eigenvalue weighted by atomic mass is 10.2. The van der Waals surface area contributed by atoms with Crippen molar-refractivity contribution in [3.8, 4) is 0 Å². The highest BCUT2D eigenvalue weighted by Crippen LogP contribution is 2.14. The van der Waals surface area contributed by atoms with Crippen molar-refractivity contribution in [3.05, 3.63) is 29.8 Å². The first kappa shape index (κ1) is 12.6. The van der Waals surface area contributed by atoms with Gasteiger partial charge in [-0.25, -0.2) is 0 Å².